The highest BCUT2D eigenvalue weighted by atomic mass is 16.6. The highest BCUT2D eigenvalue weighted by Crippen LogP contribution is 2.23. The lowest BCUT2D eigenvalue weighted by atomic mass is 9.89. The summed E-state index contributed by atoms with van der Waals surface area (Å²) in [5.41, 5.74) is 0. The van der Waals surface area contributed by atoms with Gasteiger partial charge in [-0.3, -0.25) is 9.59 Å². The minimum absolute atomic E-state index is 0.0329. The summed E-state index contributed by atoms with van der Waals surface area (Å²) in [5, 5.41) is 0. The molecule has 0 rings (SSSR count). The van der Waals surface area contributed by atoms with E-state index < -0.39 is 17.9 Å². The van der Waals surface area contributed by atoms with Crippen molar-refractivity contribution in [2.75, 3.05) is 13.2 Å². The van der Waals surface area contributed by atoms with E-state index in [2.05, 4.69) is 6.92 Å². The van der Waals surface area contributed by atoms with Crippen molar-refractivity contribution in [3.63, 3.8) is 0 Å². The summed E-state index contributed by atoms with van der Waals surface area (Å²) >= 11 is 0. The van der Waals surface area contributed by atoms with E-state index in [9.17, 15) is 9.59 Å². The molecule has 0 aliphatic heterocycles. The molecule has 25 heavy (non-hydrogen) atoms. The first-order valence-corrected chi connectivity index (χ1v) is 10.4. The lowest BCUT2D eigenvalue weighted by Crippen LogP contribution is -2.33. The lowest BCUT2D eigenvalue weighted by Gasteiger charge is -2.21. The summed E-state index contributed by atoms with van der Waals surface area (Å²) in [6.07, 6.45) is 11.7. The maximum absolute atomic E-state index is 12.4. The summed E-state index contributed by atoms with van der Waals surface area (Å²) in [6.45, 7) is 9.05. The minimum atomic E-state index is -0.774. The number of ether oxygens (including phenoxy) is 2. The molecule has 0 amide bonds. The Morgan fingerprint density at radius 2 is 1.12 bits per heavy atom. The quantitative estimate of drug-likeness (QED) is 0.203. The molecule has 0 unspecified atom stereocenters. The van der Waals surface area contributed by atoms with Crippen LogP contribution in [0.5, 0.6) is 0 Å². The molecule has 1 atom stereocenters. The fourth-order valence-electron chi connectivity index (χ4n) is 2.79. The van der Waals surface area contributed by atoms with Crippen molar-refractivity contribution in [3.05, 3.63) is 0 Å². The Morgan fingerprint density at radius 1 is 0.680 bits per heavy atom. The molecule has 0 aliphatic rings. The van der Waals surface area contributed by atoms with Gasteiger partial charge in [-0.2, -0.15) is 0 Å². The van der Waals surface area contributed by atoms with Gasteiger partial charge in [0, 0.05) is 0 Å². The predicted molar refractivity (Wildman–Crippen MR) is 102 cm³/mol. The average molecular weight is 357 g/mol. The van der Waals surface area contributed by atoms with Crippen molar-refractivity contribution in [2.45, 2.75) is 98.3 Å². The van der Waals surface area contributed by atoms with E-state index in [1.807, 2.05) is 20.8 Å². The van der Waals surface area contributed by atoms with Crippen LogP contribution in [0, 0.1) is 11.8 Å². The molecule has 0 spiro atoms. The molecule has 0 N–H and O–H groups in total. The summed E-state index contributed by atoms with van der Waals surface area (Å²) in [6, 6.07) is 0. The van der Waals surface area contributed by atoms with Crippen LogP contribution in [-0.2, 0) is 19.1 Å². The maximum atomic E-state index is 12.4. The van der Waals surface area contributed by atoms with Crippen LogP contribution in [0.1, 0.15) is 98.3 Å². The van der Waals surface area contributed by atoms with Gasteiger partial charge in [0.15, 0.2) is 5.92 Å². The molecule has 0 bridgehead atoms. The van der Waals surface area contributed by atoms with Gasteiger partial charge in [-0.05, 0) is 25.2 Å². The SMILES string of the molecule is CCCCCCCC[C@@H](C)C(C(=O)OCCCC)C(=O)OCCCC. The number of unbranched alkanes of at least 4 members (excludes halogenated alkanes) is 7. The largest absolute Gasteiger partial charge is 0.465 e. The second kappa shape index (κ2) is 16.4. The number of hydrogen-bond donors (Lipinski definition) is 0. The Hall–Kier alpha value is -1.06. The van der Waals surface area contributed by atoms with Crippen LogP contribution in [0.25, 0.3) is 0 Å². The molecule has 4 nitrogen and oxygen atoms in total. The third-order valence-electron chi connectivity index (χ3n) is 4.57. The molecule has 0 aromatic heterocycles. The van der Waals surface area contributed by atoms with E-state index in [0.717, 1.165) is 44.9 Å². The van der Waals surface area contributed by atoms with Gasteiger partial charge >= 0.3 is 11.9 Å². The van der Waals surface area contributed by atoms with Crippen molar-refractivity contribution in [1.82, 2.24) is 0 Å². The number of hydrogen-bond acceptors (Lipinski definition) is 4. The number of esters is 2. The standard InChI is InChI=1S/C21H40O4/c1-5-8-11-12-13-14-15-18(4)19(20(22)24-16-9-6-2)21(23)25-17-10-7-3/h18-19H,5-17H2,1-4H3/t18-/m1/s1. The van der Waals surface area contributed by atoms with Gasteiger partial charge in [0.05, 0.1) is 13.2 Å². The van der Waals surface area contributed by atoms with Crippen LogP contribution < -0.4 is 0 Å². The van der Waals surface area contributed by atoms with Crippen molar-refractivity contribution >= 4 is 11.9 Å². The smallest absolute Gasteiger partial charge is 0.320 e. The second-order valence-corrected chi connectivity index (χ2v) is 7.05. The van der Waals surface area contributed by atoms with Crippen molar-refractivity contribution in [1.29, 1.82) is 0 Å². The first-order valence-electron chi connectivity index (χ1n) is 10.4. The monoisotopic (exact) mass is 356 g/mol. The lowest BCUT2D eigenvalue weighted by molar-refractivity contribution is -0.165. The summed E-state index contributed by atoms with van der Waals surface area (Å²) in [7, 11) is 0. The molecular formula is C21H40O4. The van der Waals surface area contributed by atoms with Gasteiger partial charge in [0.25, 0.3) is 0 Å². The number of rotatable bonds is 16. The van der Waals surface area contributed by atoms with Crippen LogP contribution >= 0.6 is 0 Å². The van der Waals surface area contributed by atoms with Gasteiger partial charge in [-0.1, -0.05) is 79.1 Å². The number of carbonyl (C=O) groups is 2. The maximum Gasteiger partial charge on any atom is 0.320 e. The van der Waals surface area contributed by atoms with Gasteiger partial charge in [0.1, 0.15) is 0 Å². The Kier molecular flexibility index (Phi) is 15.7. The van der Waals surface area contributed by atoms with Gasteiger partial charge in [-0.25, -0.2) is 0 Å². The van der Waals surface area contributed by atoms with E-state index in [-0.39, 0.29) is 5.92 Å². The molecule has 0 aromatic rings. The summed E-state index contributed by atoms with van der Waals surface area (Å²) in [4.78, 5) is 24.8. The van der Waals surface area contributed by atoms with Gasteiger partial charge in [-0.15, -0.1) is 0 Å². The van der Waals surface area contributed by atoms with Crippen LogP contribution in [0.15, 0.2) is 0 Å². The molecule has 0 radical (unpaired) electrons. The van der Waals surface area contributed by atoms with Crippen LogP contribution in [0.3, 0.4) is 0 Å². The molecule has 0 saturated heterocycles. The predicted octanol–water partition coefficient (Wildman–Crippen LogP) is 5.68. The first-order chi connectivity index (χ1) is 12.1. The Labute approximate surface area is 155 Å². The Balaban J connectivity index is 4.47. The number of carbonyl (C=O) groups excluding carboxylic acids is 2. The van der Waals surface area contributed by atoms with Crippen molar-refractivity contribution in [2.24, 2.45) is 11.8 Å². The third-order valence-corrected chi connectivity index (χ3v) is 4.57. The molecule has 148 valence electrons. The molecule has 0 aliphatic carbocycles. The highest BCUT2D eigenvalue weighted by molar-refractivity contribution is 5.95. The van der Waals surface area contributed by atoms with Crippen molar-refractivity contribution in [3.8, 4) is 0 Å². The van der Waals surface area contributed by atoms with Gasteiger partial charge < -0.3 is 9.47 Å². The van der Waals surface area contributed by atoms with E-state index >= 15 is 0 Å². The Bertz CT molecular complexity index is 319. The molecular weight excluding hydrogens is 316 g/mol. The van der Waals surface area contributed by atoms with E-state index in [1.165, 1.54) is 25.7 Å². The Morgan fingerprint density at radius 3 is 1.60 bits per heavy atom. The summed E-state index contributed by atoms with van der Waals surface area (Å²) < 4.78 is 10.6. The van der Waals surface area contributed by atoms with E-state index in [0.29, 0.717) is 13.2 Å². The molecule has 4 heteroatoms. The van der Waals surface area contributed by atoms with Crippen molar-refractivity contribution < 1.29 is 19.1 Å². The second-order valence-electron chi connectivity index (χ2n) is 7.05. The fraction of sp³-hybridized carbons (Fsp3) is 0.905. The van der Waals surface area contributed by atoms with E-state index in [1.54, 1.807) is 0 Å². The highest BCUT2D eigenvalue weighted by Gasteiger charge is 2.34. The molecule has 0 saturated carbocycles. The third kappa shape index (κ3) is 12.0. The molecule has 0 fully saturated rings. The first kappa shape index (κ1) is 23.9. The topological polar surface area (TPSA) is 52.6 Å². The van der Waals surface area contributed by atoms with Crippen LogP contribution in [0.2, 0.25) is 0 Å². The molecule has 0 heterocycles. The zero-order chi connectivity index (χ0) is 18.9. The minimum Gasteiger partial charge on any atom is -0.465 e. The fourth-order valence-corrected chi connectivity index (χ4v) is 2.79. The van der Waals surface area contributed by atoms with Crippen LogP contribution in [0.4, 0.5) is 0 Å². The average Bonchev–Trinajstić information content (AvgIpc) is 2.58. The van der Waals surface area contributed by atoms with E-state index in [4.69, 9.17) is 9.47 Å². The zero-order valence-corrected chi connectivity index (χ0v) is 17.0. The summed E-state index contributed by atoms with van der Waals surface area (Å²) in [5.74, 6) is -1.62. The van der Waals surface area contributed by atoms with Crippen LogP contribution in [-0.4, -0.2) is 25.2 Å². The van der Waals surface area contributed by atoms with Gasteiger partial charge in [0.2, 0.25) is 0 Å². The normalized spacial score (nSPS) is 12.2. The zero-order valence-electron chi connectivity index (χ0n) is 17.0. The molecule has 0 aromatic carbocycles.